The molecule has 4 unspecified atom stereocenters. The molecule has 0 aliphatic carbocycles. The summed E-state index contributed by atoms with van der Waals surface area (Å²) in [5, 5.41) is 11.4. The highest BCUT2D eigenvalue weighted by atomic mass is 31.1. The second-order valence-electron chi connectivity index (χ2n) is 5.98. The number of nitrogens with zero attached hydrogens (tertiary/aromatic N) is 1. The van der Waals surface area contributed by atoms with E-state index in [1.165, 1.54) is 59.9 Å². The molecule has 0 bridgehead atoms. The lowest BCUT2D eigenvalue weighted by Crippen LogP contribution is -2.44. The van der Waals surface area contributed by atoms with Crippen molar-refractivity contribution in [2.45, 2.75) is 31.6 Å². The van der Waals surface area contributed by atoms with E-state index in [0.717, 1.165) is 0 Å². The Morgan fingerprint density at radius 3 is 1.73 bits per heavy atom. The predicted molar refractivity (Wildman–Crippen MR) is 102 cm³/mol. The highest BCUT2D eigenvalue weighted by Gasteiger charge is 2.41. The van der Waals surface area contributed by atoms with Gasteiger partial charge in [0, 0.05) is 0 Å². The van der Waals surface area contributed by atoms with Gasteiger partial charge in [0.2, 0.25) is 0 Å². The van der Waals surface area contributed by atoms with Crippen molar-refractivity contribution in [3.05, 3.63) is 71.3 Å². The molecule has 4 atom stereocenters. The first kappa shape index (κ1) is 20.9. The first-order valence-electron chi connectivity index (χ1n) is 7.89. The van der Waals surface area contributed by atoms with Crippen LogP contribution in [0, 0.1) is 11.6 Å². The maximum Gasteiger partial charge on any atom is 0.324 e. The van der Waals surface area contributed by atoms with Gasteiger partial charge in [-0.3, -0.25) is 9.24 Å². The Bertz CT molecular complexity index is 709. The van der Waals surface area contributed by atoms with E-state index in [0.29, 0.717) is 11.1 Å². The molecule has 1 N–H and O–H groups in total. The number of halogens is 2. The van der Waals surface area contributed by atoms with Gasteiger partial charge in [-0.2, -0.15) is 0 Å². The maximum atomic E-state index is 13.3. The van der Waals surface area contributed by atoms with Gasteiger partial charge < -0.3 is 9.84 Å². The standard InChI is InChI=1S/C18H21F2NO3P2/c1-11(21(25)26)17(22)24-12(2)18(23,13-3-7-15(19)8-4-13)14-5-9-16(20)10-6-14/h3-12,23H,25-26H2,1-2H3. The molecule has 140 valence electrons. The third-order valence-corrected chi connectivity index (χ3v) is 5.13. The molecule has 0 aliphatic heterocycles. The Kier molecular flexibility index (Phi) is 6.81. The summed E-state index contributed by atoms with van der Waals surface area (Å²) in [7, 11) is 4.68. The third-order valence-electron chi connectivity index (χ3n) is 4.24. The number of esters is 1. The smallest absolute Gasteiger partial charge is 0.324 e. The largest absolute Gasteiger partial charge is 0.458 e. The summed E-state index contributed by atoms with van der Waals surface area (Å²) in [6.07, 6.45) is -1.01. The number of aliphatic hydroxyl groups is 1. The summed E-state index contributed by atoms with van der Waals surface area (Å²) in [5.74, 6) is -1.48. The SMILES string of the molecule is CC(C(=O)OC(C)C(O)(c1ccc(F)cc1)c1ccc(F)cc1)N(P)P. The zero-order valence-electron chi connectivity index (χ0n) is 14.4. The van der Waals surface area contributed by atoms with Gasteiger partial charge in [-0.25, -0.2) is 8.78 Å². The number of carbonyl (C=O) groups is 1. The van der Waals surface area contributed by atoms with Crippen LogP contribution in [-0.2, 0) is 15.1 Å². The fourth-order valence-corrected chi connectivity index (χ4v) is 2.77. The number of ether oxygens (including phenoxy) is 1. The molecule has 26 heavy (non-hydrogen) atoms. The van der Waals surface area contributed by atoms with Crippen LogP contribution in [0.1, 0.15) is 25.0 Å². The summed E-state index contributed by atoms with van der Waals surface area (Å²) in [4.78, 5) is 12.3. The molecule has 0 radical (unpaired) electrons. The second kappa shape index (κ2) is 8.49. The van der Waals surface area contributed by atoms with E-state index >= 15 is 0 Å². The fourth-order valence-electron chi connectivity index (χ4n) is 2.52. The average molecular weight is 399 g/mol. The molecule has 0 aromatic heterocycles. The van der Waals surface area contributed by atoms with Crippen molar-refractivity contribution in [1.82, 2.24) is 4.44 Å². The zero-order valence-corrected chi connectivity index (χ0v) is 16.7. The Hall–Kier alpha value is -1.45. The summed E-state index contributed by atoms with van der Waals surface area (Å²) < 4.78 is 33.6. The Balaban J connectivity index is 2.44. The van der Waals surface area contributed by atoms with Gasteiger partial charge in [0.1, 0.15) is 23.8 Å². The highest BCUT2D eigenvalue weighted by molar-refractivity contribution is 7.31. The Morgan fingerprint density at radius 1 is 1.00 bits per heavy atom. The van der Waals surface area contributed by atoms with Crippen molar-refractivity contribution in [2.24, 2.45) is 0 Å². The van der Waals surface area contributed by atoms with E-state index in [2.05, 4.69) is 18.8 Å². The van der Waals surface area contributed by atoms with Crippen LogP contribution in [0.4, 0.5) is 8.78 Å². The van der Waals surface area contributed by atoms with Gasteiger partial charge in [-0.1, -0.05) is 43.0 Å². The molecule has 2 aromatic carbocycles. The topological polar surface area (TPSA) is 49.8 Å². The van der Waals surface area contributed by atoms with Gasteiger partial charge in [-0.15, -0.1) is 0 Å². The molecule has 0 amide bonds. The van der Waals surface area contributed by atoms with Crippen molar-refractivity contribution in [1.29, 1.82) is 0 Å². The van der Waals surface area contributed by atoms with Crippen LogP contribution in [0.2, 0.25) is 0 Å². The first-order valence-corrected chi connectivity index (χ1v) is 8.93. The van der Waals surface area contributed by atoms with E-state index in [9.17, 15) is 18.7 Å². The van der Waals surface area contributed by atoms with Crippen LogP contribution < -0.4 is 0 Å². The van der Waals surface area contributed by atoms with Crippen LogP contribution in [-0.4, -0.2) is 27.7 Å². The molecule has 0 aliphatic rings. The van der Waals surface area contributed by atoms with Crippen molar-refractivity contribution in [3.8, 4) is 0 Å². The monoisotopic (exact) mass is 399 g/mol. The lowest BCUT2D eigenvalue weighted by molar-refractivity contribution is -0.162. The summed E-state index contributed by atoms with van der Waals surface area (Å²) in [6, 6.07) is 9.85. The highest BCUT2D eigenvalue weighted by Crippen LogP contribution is 2.35. The molecule has 4 nitrogen and oxygen atoms in total. The second-order valence-corrected chi connectivity index (χ2v) is 7.77. The minimum Gasteiger partial charge on any atom is -0.458 e. The molecule has 0 saturated heterocycles. The number of hydrogen-bond acceptors (Lipinski definition) is 4. The fraction of sp³-hybridized carbons (Fsp3) is 0.278. The van der Waals surface area contributed by atoms with Crippen LogP contribution in [0.3, 0.4) is 0 Å². The normalized spacial score (nSPS) is 14.2. The van der Waals surface area contributed by atoms with E-state index in [1.54, 1.807) is 6.92 Å². The van der Waals surface area contributed by atoms with Gasteiger partial charge in [0.15, 0.2) is 5.60 Å². The molecular formula is C18H21F2NO3P2. The van der Waals surface area contributed by atoms with Gasteiger partial charge in [-0.05, 0) is 49.2 Å². The van der Waals surface area contributed by atoms with Gasteiger partial charge >= 0.3 is 5.97 Å². The van der Waals surface area contributed by atoms with Crippen LogP contribution in [0.25, 0.3) is 0 Å². The number of carbonyl (C=O) groups excluding carboxylic acids is 1. The third kappa shape index (κ3) is 4.44. The van der Waals surface area contributed by atoms with E-state index in [1.807, 2.05) is 0 Å². The molecule has 0 saturated carbocycles. The maximum absolute atomic E-state index is 13.3. The average Bonchev–Trinajstić information content (AvgIpc) is 2.61. The molecule has 2 aromatic rings. The number of rotatable bonds is 6. The van der Waals surface area contributed by atoms with Crippen molar-refractivity contribution >= 4 is 24.8 Å². The molecule has 0 spiro atoms. The molecule has 8 heteroatoms. The van der Waals surface area contributed by atoms with E-state index in [-0.39, 0.29) is 0 Å². The van der Waals surface area contributed by atoms with Gasteiger partial charge in [0.05, 0.1) is 0 Å². The molecular weight excluding hydrogens is 378 g/mol. The Labute approximate surface area is 156 Å². The lowest BCUT2D eigenvalue weighted by Gasteiger charge is -2.35. The number of benzene rings is 2. The minimum absolute atomic E-state index is 0.326. The first-order chi connectivity index (χ1) is 12.2. The predicted octanol–water partition coefficient (Wildman–Crippen LogP) is 3.40. The Morgan fingerprint density at radius 2 is 1.38 bits per heavy atom. The zero-order chi connectivity index (χ0) is 19.5. The summed E-state index contributed by atoms with van der Waals surface area (Å²) in [6.45, 7) is 3.18. The van der Waals surface area contributed by atoms with Crippen molar-refractivity contribution in [2.75, 3.05) is 0 Å². The molecule has 0 fully saturated rings. The quantitative estimate of drug-likeness (QED) is 0.598. The van der Waals surface area contributed by atoms with Crippen molar-refractivity contribution < 1.29 is 23.4 Å². The van der Waals surface area contributed by atoms with Crippen molar-refractivity contribution in [3.63, 3.8) is 0 Å². The van der Waals surface area contributed by atoms with Crippen LogP contribution >= 0.6 is 18.8 Å². The van der Waals surface area contributed by atoms with Crippen LogP contribution in [0.5, 0.6) is 0 Å². The van der Waals surface area contributed by atoms with E-state index < -0.39 is 35.4 Å². The summed E-state index contributed by atoms with van der Waals surface area (Å²) >= 11 is 0. The molecule has 0 heterocycles. The van der Waals surface area contributed by atoms with Gasteiger partial charge in [0.25, 0.3) is 0 Å². The lowest BCUT2D eigenvalue weighted by atomic mass is 9.82. The summed E-state index contributed by atoms with van der Waals surface area (Å²) in [5.41, 5.74) is -1.12. The molecule has 2 rings (SSSR count). The minimum atomic E-state index is -1.77. The van der Waals surface area contributed by atoms with E-state index in [4.69, 9.17) is 4.74 Å². The van der Waals surface area contributed by atoms with Crippen LogP contribution in [0.15, 0.2) is 48.5 Å². The number of hydrogen-bond donors (Lipinski definition) is 1.